The largest absolute Gasteiger partial charge is 0.192 e. The number of nitriles is 4. The van der Waals surface area contributed by atoms with E-state index in [0.717, 1.165) is 70.7 Å². The normalized spacial score (nSPS) is 13.0. The highest BCUT2D eigenvalue weighted by molar-refractivity contribution is 7.33. The molecule has 0 bridgehead atoms. The van der Waals surface area contributed by atoms with Crippen LogP contribution in [0.1, 0.15) is 77.9 Å². The summed E-state index contributed by atoms with van der Waals surface area (Å²) in [4.78, 5) is 6.87. The first kappa shape index (κ1) is 55.2. The van der Waals surface area contributed by atoms with Crippen LogP contribution in [0.5, 0.6) is 0 Å². The number of aromatic nitrogens is 4. The van der Waals surface area contributed by atoms with Crippen LogP contribution in [0.2, 0.25) is 0 Å². The van der Waals surface area contributed by atoms with Crippen molar-refractivity contribution in [1.29, 1.82) is 21.0 Å². The molecule has 0 unspecified atom stereocenters. The van der Waals surface area contributed by atoms with Gasteiger partial charge in [0.15, 0.2) is 0 Å². The number of nitrogens with zero attached hydrogens (tertiary/aromatic N) is 8. The summed E-state index contributed by atoms with van der Waals surface area (Å²) >= 11 is 9.50. The van der Waals surface area contributed by atoms with Gasteiger partial charge in [-0.15, -0.1) is 45.3 Å². The minimum atomic E-state index is -0.726. The van der Waals surface area contributed by atoms with E-state index in [1.54, 1.807) is 34.8 Å². The van der Waals surface area contributed by atoms with Crippen LogP contribution in [0, 0.1) is 73.0 Å². The number of hydrogen-bond acceptors (Lipinski definition) is 14. The molecule has 90 heavy (non-hydrogen) atoms. The van der Waals surface area contributed by atoms with Crippen molar-refractivity contribution in [3.05, 3.63) is 271 Å². The molecule has 0 fully saturated rings. The van der Waals surface area contributed by atoms with Gasteiger partial charge in [-0.25, -0.2) is 0 Å². The Kier molecular flexibility index (Phi) is 13.1. The number of rotatable bonds is 10. The zero-order valence-electron chi connectivity index (χ0n) is 48.5. The lowest BCUT2D eigenvalue weighted by Crippen LogP contribution is -2.30. The van der Waals surface area contributed by atoms with E-state index in [4.69, 9.17) is 8.75 Å². The highest BCUT2D eigenvalue weighted by Crippen LogP contribution is 2.67. The topological polar surface area (TPSA) is 147 Å². The first-order valence-corrected chi connectivity index (χ1v) is 33.7. The summed E-state index contributed by atoms with van der Waals surface area (Å²) in [6.07, 6.45) is 3.17. The van der Waals surface area contributed by atoms with E-state index in [-0.39, 0.29) is 11.1 Å². The SMILES string of the molecule is Cc1ccc(C2(c3ccc(C)cc3)c3cc(-c4ccc(-c5ccc(C=C(C#N)C#N)c6nsnc56)s4)ccc3-c3cc4c(cc32)-c2sc3cc(-c5ccc(-c6ccc(C=C(C#N)C#N)c7nsnc67)s5)sc3c2C4(c2ccc(C)cc2)c2ccc(C)cc2)cc1. The molecule has 6 aromatic heterocycles. The number of hydrogen-bond donors (Lipinski definition) is 0. The third-order valence-corrected chi connectivity index (χ3v) is 23.8. The fourth-order valence-electron chi connectivity index (χ4n) is 13.6. The third-order valence-electron chi connectivity index (χ3n) is 17.8. The van der Waals surface area contributed by atoms with Crippen LogP contribution in [-0.4, -0.2) is 17.5 Å². The predicted molar refractivity (Wildman–Crippen MR) is 371 cm³/mol. The van der Waals surface area contributed by atoms with Crippen molar-refractivity contribution in [3.8, 4) is 86.9 Å². The van der Waals surface area contributed by atoms with Crippen molar-refractivity contribution in [2.45, 2.75) is 38.5 Å². The Morgan fingerprint density at radius 2 is 0.789 bits per heavy atom. The second-order valence-electron chi connectivity index (χ2n) is 23.0. The molecule has 2 aliphatic carbocycles. The zero-order chi connectivity index (χ0) is 61.2. The van der Waals surface area contributed by atoms with Crippen LogP contribution in [-0.2, 0) is 10.8 Å². The highest BCUT2D eigenvalue weighted by atomic mass is 32.1. The average molecular weight is 1260 g/mol. The Hall–Kier alpha value is -10.1. The molecule has 424 valence electrons. The van der Waals surface area contributed by atoms with Gasteiger partial charge in [-0.1, -0.05) is 156 Å². The summed E-state index contributed by atoms with van der Waals surface area (Å²) < 4.78 is 21.2. The van der Waals surface area contributed by atoms with E-state index in [9.17, 15) is 21.0 Å². The van der Waals surface area contributed by atoms with Gasteiger partial charge in [-0.05, 0) is 150 Å². The van der Waals surface area contributed by atoms with Gasteiger partial charge in [0.2, 0.25) is 0 Å². The minimum Gasteiger partial charge on any atom is -0.192 e. The number of benzene rings is 8. The molecule has 0 amide bonds. The fourth-order valence-corrected chi connectivity index (χ4v) is 19.7. The van der Waals surface area contributed by atoms with Crippen molar-refractivity contribution < 1.29 is 0 Å². The Morgan fingerprint density at radius 1 is 0.367 bits per heavy atom. The average Bonchev–Trinajstić information content (AvgIpc) is 1.50. The molecule has 0 aliphatic heterocycles. The van der Waals surface area contributed by atoms with Gasteiger partial charge in [0.05, 0.1) is 39.0 Å². The molecule has 0 spiro atoms. The van der Waals surface area contributed by atoms with Gasteiger partial charge in [-0.2, -0.15) is 38.5 Å². The number of fused-ring (bicyclic) bond motifs is 10. The van der Waals surface area contributed by atoms with Gasteiger partial charge in [0, 0.05) is 61.8 Å². The maximum atomic E-state index is 9.58. The van der Waals surface area contributed by atoms with Crippen LogP contribution in [0.15, 0.2) is 193 Å². The number of thiophene rings is 4. The smallest absolute Gasteiger partial charge is 0.130 e. The lowest BCUT2D eigenvalue weighted by molar-refractivity contribution is 0.761. The molecule has 14 aromatic rings. The Bertz CT molecular complexity index is 5460. The van der Waals surface area contributed by atoms with Gasteiger partial charge in [0.25, 0.3) is 0 Å². The van der Waals surface area contributed by atoms with Crippen molar-refractivity contribution in [1.82, 2.24) is 17.5 Å². The van der Waals surface area contributed by atoms with Gasteiger partial charge >= 0.3 is 0 Å². The van der Waals surface area contributed by atoms with Crippen molar-refractivity contribution in [2.75, 3.05) is 0 Å². The molecule has 0 saturated heterocycles. The standard InChI is InChI=1S/C76H44N8S6/c1-41-5-16-50(17-6-41)75(51-18-7-42(2)8-19-51)59-33-47(62-27-28-63(85-62)55-25-14-48(31-45(37-77)38-78)69-71(55)83-89-81-69)13-24-54(59)57-34-61-58(35-60(57)75)73-68(76(61,52-20-9-43(3)10-21-52)53-22-11-44(4)12-23-53)74-67(88-73)36-66(87-74)65-30-29-64(86-65)56-26-15-49(32-46(39-79)40-80)70-72(56)84-90-82-70/h5-36H,1-4H3. The van der Waals surface area contributed by atoms with Crippen LogP contribution >= 0.6 is 68.8 Å². The first-order chi connectivity index (χ1) is 44.0. The molecule has 0 atom stereocenters. The molecule has 14 heteroatoms. The summed E-state index contributed by atoms with van der Waals surface area (Å²) in [7, 11) is 0. The Balaban J connectivity index is 0.907. The minimum absolute atomic E-state index is 0.0156. The van der Waals surface area contributed by atoms with Crippen molar-refractivity contribution >= 4 is 112 Å². The molecule has 2 aliphatic rings. The third kappa shape index (κ3) is 8.35. The van der Waals surface area contributed by atoms with E-state index < -0.39 is 10.8 Å². The van der Waals surface area contributed by atoms with Crippen LogP contribution in [0.4, 0.5) is 0 Å². The monoisotopic (exact) mass is 1260 g/mol. The quantitative estimate of drug-likeness (QED) is 0.123. The molecule has 0 N–H and O–H groups in total. The van der Waals surface area contributed by atoms with E-state index in [1.165, 1.54) is 103 Å². The van der Waals surface area contributed by atoms with Crippen LogP contribution < -0.4 is 0 Å². The lowest BCUT2D eigenvalue weighted by atomic mass is 9.65. The summed E-state index contributed by atoms with van der Waals surface area (Å²) in [5.41, 5.74) is 24.2. The fraction of sp³-hybridized carbons (Fsp3) is 0.0789. The molecule has 8 aromatic carbocycles. The van der Waals surface area contributed by atoms with Gasteiger partial charge in [-0.3, -0.25) is 0 Å². The molecule has 16 rings (SSSR count). The maximum absolute atomic E-state index is 9.58. The Labute approximate surface area is 543 Å². The zero-order valence-corrected chi connectivity index (χ0v) is 53.4. The van der Waals surface area contributed by atoms with E-state index >= 15 is 0 Å². The summed E-state index contributed by atoms with van der Waals surface area (Å²) in [6, 6.07) is 76.3. The van der Waals surface area contributed by atoms with Crippen LogP contribution in [0.25, 0.3) is 106 Å². The summed E-state index contributed by atoms with van der Waals surface area (Å²) in [6.45, 7) is 8.67. The van der Waals surface area contributed by atoms with Crippen molar-refractivity contribution in [3.63, 3.8) is 0 Å². The van der Waals surface area contributed by atoms with E-state index in [0.29, 0.717) is 22.2 Å². The molecule has 8 nitrogen and oxygen atoms in total. The predicted octanol–water partition coefficient (Wildman–Crippen LogP) is 20.6. The molecule has 6 heterocycles. The second-order valence-corrected chi connectivity index (χ2v) is 28.3. The summed E-state index contributed by atoms with van der Waals surface area (Å²) in [5, 5.41) is 38.3. The molecule has 0 radical (unpaired) electrons. The van der Waals surface area contributed by atoms with Crippen molar-refractivity contribution in [2.24, 2.45) is 0 Å². The first-order valence-electron chi connectivity index (χ1n) is 29.0. The van der Waals surface area contributed by atoms with E-state index in [2.05, 4.69) is 194 Å². The lowest BCUT2D eigenvalue weighted by Gasteiger charge is -2.36. The van der Waals surface area contributed by atoms with E-state index in [1.807, 2.05) is 71.2 Å². The highest BCUT2D eigenvalue weighted by Gasteiger charge is 2.53. The van der Waals surface area contributed by atoms with Crippen LogP contribution in [0.3, 0.4) is 0 Å². The molecular weight excluding hydrogens is 1220 g/mol. The molecular formula is C76H44N8S6. The maximum Gasteiger partial charge on any atom is 0.130 e. The van der Waals surface area contributed by atoms with Gasteiger partial charge in [0.1, 0.15) is 57.5 Å². The number of allylic oxidation sites excluding steroid dienone is 2. The second kappa shape index (κ2) is 21.3. The summed E-state index contributed by atoms with van der Waals surface area (Å²) in [5.74, 6) is 0. The molecule has 0 saturated carbocycles. The number of aryl methyl sites for hydroxylation is 4. The van der Waals surface area contributed by atoms with Gasteiger partial charge < -0.3 is 0 Å². The Morgan fingerprint density at radius 3 is 1.30 bits per heavy atom.